The van der Waals surface area contributed by atoms with Crippen molar-refractivity contribution < 1.29 is 5.11 Å². The highest BCUT2D eigenvalue weighted by Crippen LogP contribution is 2.61. The van der Waals surface area contributed by atoms with E-state index in [2.05, 4.69) is 62.9 Å². The van der Waals surface area contributed by atoms with Crippen LogP contribution < -0.4 is 0 Å². The Kier molecular flexibility index (Phi) is 4.28. The normalized spacial score (nSPS) is 42.0. The van der Waals surface area contributed by atoms with Gasteiger partial charge in [-0.1, -0.05) is 50.6 Å². The second-order valence-electron chi connectivity index (χ2n) is 10.1. The van der Waals surface area contributed by atoms with E-state index in [9.17, 15) is 5.11 Å². The molecule has 25 heavy (non-hydrogen) atoms. The van der Waals surface area contributed by atoms with Crippen LogP contribution in [0, 0.1) is 23.2 Å². The van der Waals surface area contributed by atoms with Gasteiger partial charge in [0.1, 0.15) is 0 Å². The first kappa shape index (κ1) is 17.5. The van der Waals surface area contributed by atoms with Gasteiger partial charge in [0, 0.05) is 24.5 Å². The number of aliphatic hydroxyl groups excluding tert-OH is 1. The highest BCUT2D eigenvalue weighted by molar-refractivity contribution is 5.27. The van der Waals surface area contributed by atoms with Crippen LogP contribution in [0.4, 0.5) is 0 Å². The summed E-state index contributed by atoms with van der Waals surface area (Å²) in [4.78, 5) is 2.73. The average molecular weight is 342 g/mol. The predicted molar refractivity (Wildman–Crippen MR) is 104 cm³/mol. The van der Waals surface area contributed by atoms with E-state index in [0.717, 1.165) is 18.3 Å². The Balaban J connectivity index is 1.50. The van der Waals surface area contributed by atoms with E-state index in [4.69, 9.17) is 0 Å². The standard InChI is InChI=1S/C23H35NO/c1-16-10-11-19(21(25)12-16)22(2,3)24-14-20-18(13-23(20,4)15-24)17-8-6-5-7-9-17/h5-9,16,18-21,25H,10-15H2,1-4H3/t16-,18+,19-,20+,21-,23+/m1/s1. The molecule has 3 fully saturated rings. The molecule has 1 aromatic rings. The van der Waals surface area contributed by atoms with Gasteiger partial charge < -0.3 is 5.11 Å². The number of hydrogen-bond acceptors (Lipinski definition) is 2. The predicted octanol–water partition coefficient (Wildman–Crippen LogP) is 4.69. The third kappa shape index (κ3) is 2.86. The molecule has 2 saturated carbocycles. The summed E-state index contributed by atoms with van der Waals surface area (Å²) in [6.45, 7) is 12.0. The topological polar surface area (TPSA) is 23.5 Å². The number of fused-ring (bicyclic) bond motifs is 1. The zero-order chi connectivity index (χ0) is 17.8. The van der Waals surface area contributed by atoms with Crippen LogP contribution >= 0.6 is 0 Å². The van der Waals surface area contributed by atoms with E-state index in [1.165, 1.54) is 37.9 Å². The van der Waals surface area contributed by atoms with Crippen LogP contribution in [0.15, 0.2) is 30.3 Å². The van der Waals surface area contributed by atoms with Gasteiger partial charge in [0.05, 0.1) is 6.10 Å². The van der Waals surface area contributed by atoms with E-state index < -0.39 is 0 Å². The first-order valence-electron chi connectivity index (χ1n) is 10.3. The summed E-state index contributed by atoms with van der Waals surface area (Å²) in [5, 5.41) is 10.8. The summed E-state index contributed by atoms with van der Waals surface area (Å²) in [6, 6.07) is 11.1. The van der Waals surface area contributed by atoms with Crippen LogP contribution in [0.25, 0.3) is 0 Å². The van der Waals surface area contributed by atoms with E-state index in [0.29, 0.717) is 17.3 Å². The molecule has 0 amide bonds. The van der Waals surface area contributed by atoms with Gasteiger partial charge in [-0.2, -0.15) is 0 Å². The van der Waals surface area contributed by atoms with Crippen molar-refractivity contribution in [1.82, 2.24) is 4.90 Å². The van der Waals surface area contributed by atoms with Crippen LogP contribution in [-0.2, 0) is 0 Å². The van der Waals surface area contributed by atoms with Gasteiger partial charge in [0.15, 0.2) is 0 Å². The van der Waals surface area contributed by atoms with Crippen molar-refractivity contribution >= 4 is 0 Å². The van der Waals surface area contributed by atoms with Crippen molar-refractivity contribution in [2.75, 3.05) is 13.1 Å². The first-order valence-corrected chi connectivity index (χ1v) is 10.3. The Hall–Kier alpha value is -0.860. The monoisotopic (exact) mass is 341 g/mol. The van der Waals surface area contributed by atoms with Crippen LogP contribution in [0.2, 0.25) is 0 Å². The Morgan fingerprint density at radius 1 is 1.16 bits per heavy atom. The number of aliphatic hydroxyl groups is 1. The fourth-order valence-corrected chi connectivity index (χ4v) is 6.29. The fourth-order valence-electron chi connectivity index (χ4n) is 6.29. The van der Waals surface area contributed by atoms with Crippen LogP contribution in [0.1, 0.15) is 64.9 Å². The molecule has 2 heteroatoms. The van der Waals surface area contributed by atoms with E-state index >= 15 is 0 Å². The van der Waals surface area contributed by atoms with Crippen molar-refractivity contribution in [3.63, 3.8) is 0 Å². The molecule has 2 aliphatic carbocycles. The zero-order valence-electron chi connectivity index (χ0n) is 16.4. The molecule has 6 atom stereocenters. The van der Waals surface area contributed by atoms with Gasteiger partial charge in [-0.3, -0.25) is 4.90 Å². The molecule has 1 heterocycles. The number of rotatable bonds is 3. The summed E-state index contributed by atoms with van der Waals surface area (Å²) >= 11 is 0. The zero-order valence-corrected chi connectivity index (χ0v) is 16.4. The Bertz CT molecular complexity index is 612. The Labute approximate surface area is 153 Å². The van der Waals surface area contributed by atoms with Gasteiger partial charge in [-0.15, -0.1) is 0 Å². The highest BCUT2D eigenvalue weighted by Gasteiger charge is 2.59. The third-order valence-corrected chi connectivity index (χ3v) is 8.07. The SMILES string of the molecule is C[C@@H]1CC[C@@H](C(C)(C)N2C[C@H]3[C@H](c4ccccc4)C[C@@]3(C)C2)[C@H](O)C1. The molecule has 1 N–H and O–H groups in total. The molecule has 0 spiro atoms. The van der Waals surface area contributed by atoms with E-state index in [1.54, 1.807) is 0 Å². The third-order valence-electron chi connectivity index (χ3n) is 8.07. The summed E-state index contributed by atoms with van der Waals surface area (Å²) in [5.41, 5.74) is 2.09. The van der Waals surface area contributed by atoms with Crippen molar-refractivity contribution in [3.05, 3.63) is 35.9 Å². The maximum Gasteiger partial charge on any atom is 0.0588 e. The molecule has 0 aromatic heterocycles. The molecule has 4 rings (SSSR count). The summed E-state index contributed by atoms with van der Waals surface area (Å²) in [6.07, 6.45) is 4.62. The highest BCUT2D eigenvalue weighted by atomic mass is 16.3. The summed E-state index contributed by atoms with van der Waals surface area (Å²) < 4.78 is 0. The van der Waals surface area contributed by atoms with Crippen LogP contribution in [-0.4, -0.2) is 34.7 Å². The number of benzene rings is 1. The molecule has 0 radical (unpaired) electrons. The molecule has 1 aromatic carbocycles. The summed E-state index contributed by atoms with van der Waals surface area (Å²) in [7, 11) is 0. The molecular formula is C23H35NO. The van der Waals surface area contributed by atoms with Gasteiger partial charge >= 0.3 is 0 Å². The average Bonchev–Trinajstić information content (AvgIpc) is 2.82. The van der Waals surface area contributed by atoms with Gasteiger partial charge in [0.2, 0.25) is 0 Å². The minimum absolute atomic E-state index is 0.0984. The van der Waals surface area contributed by atoms with Crippen molar-refractivity contribution in [2.24, 2.45) is 23.2 Å². The first-order chi connectivity index (χ1) is 11.8. The second-order valence-corrected chi connectivity index (χ2v) is 10.1. The van der Waals surface area contributed by atoms with Gasteiger partial charge in [-0.25, -0.2) is 0 Å². The second kappa shape index (κ2) is 6.09. The minimum Gasteiger partial charge on any atom is -0.393 e. The van der Waals surface area contributed by atoms with Crippen molar-refractivity contribution in [1.29, 1.82) is 0 Å². The molecule has 3 aliphatic rings. The molecule has 2 nitrogen and oxygen atoms in total. The van der Waals surface area contributed by atoms with Gasteiger partial charge in [-0.05, 0) is 61.8 Å². The number of nitrogens with zero attached hydrogens (tertiary/aromatic N) is 1. The van der Waals surface area contributed by atoms with E-state index in [-0.39, 0.29) is 11.6 Å². The van der Waals surface area contributed by atoms with Crippen LogP contribution in [0.5, 0.6) is 0 Å². The minimum atomic E-state index is -0.130. The molecule has 1 saturated heterocycles. The maximum absolute atomic E-state index is 10.8. The fraction of sp³-hybridized carbons (Fsp3) is 0.739. The lowest BCUT2D eigenvalue weighted by atomic mass is 9.54. The lowest BCUT2D eigenvalue weighted by Gasteiger charge is -2.49. The maximum atomic E-state index is 10.8. The number of likely N-dealkylation sites (tertiary alicyclic amines) is 1. The molecular weight excluding hydrogens is 306 g/mol. The van der Waals surface area contributed by atoms with Crippen molar-refractivity contribution in [2.45, 2.75) is 70.9 Å². The molecule has 138 valence electrons. The van der Waals surface area contributed by atoms with Crippen molar-refractivity contribution in [3.8, 4) is 0 Å². The van der Waals surface area contributed by atoms with Gasteiger partial charge in [0.25, 0.3) is 0 Å². The molecule has 1 aliphatic heterocycles. The number of hydrogen-bond donors (Lipinski definition) is 1. The quantitative estimate of drug-likeness (QED) is 0.862. The lowest BCUT2D eigenvalue weighted by Crippen LogP contribution is -2.54. The largest absolute Gasteiger partial charge is 0.393 e. The lowest BCUT2D eigenvalue weighted by molar-refractivity contribution is -0.0394. The van der Waals surface area contributed by atoms with Crippen LogP contribution in [0.3, 0.4) is 0 Å². The molecule has 0 bridgehead atoms. The van der Waals surface area contributed by atoms with E-state index in [1.807, 2.05) is 0 Å². The smallest absolute Gasteiger partial charge is 0.0588 e. The molecule has 0 unspecified atom stereocenters. The Morgan fingerprint density at radius 2 is 1.88 bits per heavy atom. The Morgan fingerprint density at radius 3 is 2.56 bits per heavy atom. The summed E-state index contributed by atoms with van der Waals surface area (Å²) in [5.74, 6) is 2.59.